The van der Waals surface area contributed by atoms with Crippen LogP contribution in [0, 0.1) is 0 Å². The molecular formula is C14H17NOS. The first-order chi connectivity index (χ1) is 8.33. The number of benzene rings is 1. The zero-order valence-corrected chi connectivity index (χ0v) is 10.8. The number of pyridine rings is 1. The summed E-state index contributed by atoms with van der Waals surface area (Å²) in [4.78, 5) is 5.43. The standard InChI is InChI=1S/C14H17NOS/c1-2-3-4-10-17-13-8-7-12(16)14-11(13)6-5-9-15-14/h5-9,16H,2-4,10H2,1H3. The fourth-order valence-corrected chi connectivity index (χ4v) is 2.84. The van der Waals surface area contributed by atoms with Crippen LogP contribution >= 0.6 is 11.8 Å². The second-order valence-electron chi connectivity index (χ2n) is 4.04. The number of hydrogen-bond acceptors (Lipinski definition) is 3. The Bertz CT molecular complexity index is 499. The van der Waals surface area contributed by atoms with E-state index in [2.05, 4.69) is 11.9 Å². The van der Waals surface area contributed by atoms with Crippen LogP contribution in [0.4, 0.5) is 0 Å². The van der Waals surface area contributed by atoms with Gasteiger partial charge in [-0.05, 0) is 30.4 Å². The highest BCUT2D eigenvalue weighted by Gasteiger charge is 2.05. The van der Waals surface area contributed by atoms with Crippen LogP contribution in [0.5, 0.6) is 5.75 Å². The molecule has 0 atom stereocenters. The van der Waals surface area contributed by atoms with Crippen LogP contribution in [-0.2, 0) is 0 Å². The first-order valence-electron chi connectivity index (χ1n) is 6.02. The second kappa shape index (κ2) is 5.92. The van der Waals surface area contributed by atoms with Gasteiger partial charge in [-0.1, -0.05) is 25.8 Å². The van der Waals surface area contributed by atoms with E-state index in [1.165, 1.54) is 24.2 Å². The van der Waals surface area contributed by atoms with Crippen LogP contribution in [0.25, 0.3) is 10.9 Å². The van der Waals surface area contributed by atoms with Crippen molar-refractivity contribution in [3.63, 3.8) is 0 Å². The fraction of sp³-hybridized carbons (Fsp3) is 0.357. The molecule has 3 heteroatoms. The van der Waals surface area contributed by atoms with E-state index in [1.807, 2.05) is 30.0 Å². The highest BCUT2D eigenvalue weighted by atomic mass is 32.2. The Hall–Kier alpha value is -1.22. The van der Waals surface area contributed by atoms with Crippen molar-refractivity contribution in [1.29, 1.82) is 0 Å². The highest BCUT2D eigenvalue weighted by molar-refractivity contribution is 7.99. The summed E-state index contributed by atoms with van der Waals surface area (Å²) in [5.41, 5.74) is 0.702. The maximum atomic E-state index is 9.73. The van der Waals surface area contributed by atoms with E-state index in [9.17, 15) is 5.11 Å². The van der Waals surface area contributed by atoms with Gasteiger partial charge in [0.05, 0.1) is 0 Å². The molecule has 0 aliphatic heterocycles. The quantitative estimate of drug-likeness (QED) is 0.634. The van der Waals surface area contributed by atoms with Crippen molar-refractivity contribution in [2.24, 2.45) is 0 Å². The summed E-state index contributed by atoms with van der Waals surface area (Å²) in [6.07, 6.45) is 5.48. The molecule has 0 saturated carbocycles. The third-order valence-electron chi connectivity index (χ3n) is 2.71. The van der Waals surface area contributed by atoms with Crippen LogP contribution in [0.2, 0.25) is 0 Å². The molecular weight excluding hydrogens is 230 g/mol. The number of aromatic nitrogens is 1. The summed E-state index contributed by atoms with van der Waals surface area (Å²) in [7, 11) is 0. The average molecular weight is 247 g/mol. The minimum atomic E-state index is 0.263. The predicted molar refractivity (Wildman–Crippen MR) is 73.7 cm³/mol. The van der Waals surface area contributed by atoms with E-state index in [4.69, 9.17) is 0 Å². The number of thioether (sulfide) groups is 1. The number of phenols is 1. The lowest BCUT2D eigenvalue weighted by Gasteiger charge is -2.06. The van der Waals surface area contributed by atoms with Crippen molar-refractivity contribution >= 4 is 22.7 Å². The number of rotatable bonds is 5. The van der Waals surface area contributed by atoms with E-state index in [-0.39, 0.29) is 5.75 Å². The van der Waals surface area contributed by atoms with E-state index < -0.39 is 0 Å². The van der Waals surface area contributed by atoms with Gasteiger partial charge in [0.1, 0.15) is 11.3 Å². The van der Waals surface area contributed by atoms with Gasteiger partial charge in [0.15, 0.2) is 0 Å². The molecule has 0 bridgehead atoms. The molecule has 1 heterocycles. The zero-order valence-electron chi connectivity index (χ0n) is 10.0. The Morgan fingerprint density at radius 1 is 1.24 bits per heavy atom. The predicted octanol–water partition coefficient (Wildman–Crippen LogP) is 4.22. The van der Waals surface area contributed by atoms with Crippen molar-refractivity contribution in [2.75, 3.05) is 5.75 Å². The highest BCUT2D eigenvalue weighted by Crippen LogP contribution is 2.32. The molecule has 90 valence electrons. The van der Waals surface area contributed by atoms with Crippen molar-refractivity contribution in [1.82, 2.24) is 4.98 Å². The topological polar surface area (TPSA) is 33.1 Å². The first-order valence-corrected chi connectivity index (χ1v) is 7.01. The lowest BCUT2D eigenvalue weighted by Crippen LogP contribution is -1.84. The Labute approximate surface area is 106 Å². The second-order valence-corrected chi connectivity index (χ2v) is 5.17. The Morgan fingerprint density at radius 3 is 2.94 bits per heavy atom. The van der Waals surface area contributed by atoms with Crippen molar-refractivity contribution < 1.29 is 5.11 Å². The van der Waals surface area contributed by atoms with Gasteiger partial charge < -0.3 is 5.11 Å². The van der Waals surface area contributed by atoms with Gasteiger partial charge in [0, 0.05) is 16.5 Å². The fourth-order valence-electron chi connectivity index (χ4n) is 1.79. The van der Waals surface area contributed by atoms with Crippen molar-refractivity contribution in [3.05, 3.63) is 30.5 Å². The monoisotopic (exact) mass is 247 g/mol. The normalized spacial score (nSPS) is 10.9. The van der Waals surface area contributed by atoms with Gasteiger partial charge >= 0.3 is 0 Å². The van der Waals surface area contributed by atoms with Crippen LogP contribution in [0.15, 0.2) is 35.4 Å². The van der Waals surface area contributed by atoms with E-state index in [0.717, 1.165) is 11.1 Å². The van der Waals surface area contributed by atoms with Crippen LogP contribution in [0.3, 0.4) is 0 Å². The van der Waals surface area contributed by atoms with Crippen LogP contribution in [-0.4, -0.2) is 15.8 Å². The van der Waals surface area contributed by atoms with Gasteiger partial charge in [-0.25, -0.2) is 0 Å². The minimum Gasteiger partial charge on any atom is -0.506 e. The summed E-state index contributed by atoms with van der Waals surface area (Å²) in [6, 6.07) is 7.65. The molecule has 2 nitrogen and oxygen atoms in total. The summed E-state index contributed by atoms with van der Waals surface area (Å²) < 4.78 is 0. The zero-order chi connectivity index (χ0) is 12.1. The molecule has 0 fully saturated rings. The first kappa shape index (κ1) is 12.2. The van der Waals surface area contributed by atoms with Crippen LogP contribution in [0.1, 0.15) is 26.2 Å². The van der Waals surface area contributed by atoms with E-state index in [1.54, 1.807) is 12.3 Å². The van der Waals surface area contributed by atoms with Gasteiger partial charge in [-0.3, -0.25) is 4.98 Å². The smallest absolute Gasteiger partial charge is 0.141 e. The maximum Gasteiger partial charge on any atom is 0.141 e. The molecule has 0 unspecified atom stereocenters. The van der Waals surface area contributed by atoms with Gasteiger partial charge in [-0.2, -0.15) is 0 Å². The Balaban J connectivity index is 2.20. The minimum absolute atomic E-state index is 0.263. The largest absolute Gasteiger partial charge is 0.506 e. The molecule has 2 aromatic rings. The molecule has 1 aromatic heterocycles. The van der Waals surface area contributed by atoms with E-state index in [0.29, 0.717) is 5.52 Å². The molecule has 17 heavy (non-hydrogen) atoms. The molecule has 0 aliphatic carbocycles. The lowest BCUT2D eigenvalue weighted by molar-refractivity contribution is 0.480. The Morgan fingerprint density at radius 2 is 2.12 bits per heavy atom. The third-order valence-corrected chi connectivity index (χ3v) is 3.87. The number of aromatic hydroxyl groups is 1. The number of phenolic OH excluding ortho intramolecular Hbond substituents is 1. The third kappa shape index (κ3) is 2.91. The van der Waals surface area contributed by atoms with Gasteiger partial charge in [-0.15, -0.1) is 11.8 Å². The van der Waals surface area contributed by atoms with E-state index >= 15 is 0 Å². The summed E-state index contributed by atoms with van der Waals surface area (Å²) in [6.45, 7) is 2.21. The number of fused-ring (bicyclic) bond motifs is 1. The molecule has 0 amide bonds. The molecule has 0 spiro atoms. The molecule has 1 aromatic carbocycles. The van der Waals surface area contributed by atoms with Gasteiger partial charge in [0.2, 0.25) is 0 Å². The summed E-state index contributed by atoms with van der Waals surface area (Å²) in [5.74, 6) is 1.39. The molecule has 2 rings (SSSR count). The maximum absolute atomic E-state index is 9.73. The lowest BCUT2D eigenvalue weighted by atomic mass is 10.2. The molecule has 0 saturated heterocycles. The summed E-state index contributed by atoms with van der Waals surface area (Å²) in [5, 5.41) is 10.8. The Kier molecular flexibility index (Phi) is 4.26. The molecule has 0 radical (unpaired) electrons. The average Bonchev–Trinajstić information content (AvgIpc) is 2.37. The van der Waals surface area contributed by atoms with Gasteiger partial charge in [0.25, 0.3) is 0 Å². The number of hydrogen-bond donors (Lipinski definition) is 1. The van der Waals surface area contributed by atoms with Crippen LogP contribution < -0.4 is 0 Å². The SMILES string of the molecule is CCCCCSc1ccc(O)c2ncccc12. The molecule has 0 aliphatic rings. The van der Waals surface area contributed by atoms with Crippen molar-refractivity contribution in [2.45, 2.75) is 31.1 Å². The number of unbranched alkanes of at least 4 members (excludes halogenated alkanes) is 2. The number of nitrogens with zero attached hydrogens (tertiary/aromatic N) is 1. The summed E-state index contributed by atoms with van der Waals surface area (Å²) >= 11 is 1.85. The molecule has 1 N–H and O–H groups in total. The van der Waals surface area contributed by atoms with Crippen molar-refractivity contribution in [3.8, 4) is 5.75 Å².